The average molecular weight is 461 g/mol. The molecule has 0 aliphatic carbocycles. The molecule has 8 heteroatoms. The molecule has 2 aromatic rings. The summed E-state index contributed by atoms with van der Waals surface area (Å²) < 4.78 is 0.922. The Balaban J connectivity index is 1.46. The molecule has 31 heavy (non-hydrogen) atoms. The lowest BCUT2D eigenvalue weighted by Crippen LogP contribution is -2.49. The molecule has 1 saturated heterocycles. The van der Waals surface area contributed by atoms with Gasteiger partial charge < -0.3 is 15.1 Å². The van der Waals surface area contributed by atoms with Gasteiger partial charge in [0.1, 0.15) is 0 Å². The summed E-state index contributed by atoms with van der Waals surface area (Å²) in [7, 11) is 0. The lowest BCUT2D eigenvalue weighted by Gasteiger charge is -2.37. The Morgan fingerprint density at radius 1 is 1.13 bits per heavy atom. The number of aromatic nitrogens is 1. The summed E-state index contributed by atoms with van der Waals surface area (Å²) in [6.45, 7) is 13.5. The number of thioether (sulfide) groups is 1. The van der Waals surface area contributed by atoms with Crippen molar-refractivity contribution < 1.29 is 9.59 Å². The third-order valence-electron chi connectivity index (χ3n) is 5.18. The Labute approximate surface area is 193 Å². The van der Waals surface area contributed by atoms with Crippen LogP contribution >= 0.6 is 23.1 Å². The van der Waals surface area contributed by atoms with E-state index in [1.54, 1.807) is 11.3 Å². The second-order valence-corrected chi connectivity index (χ2v) is 11.2. The Morgan fingerprint density at radius 3 is 2.32 bits per heavy atom. The zero-order valence-electron chi connectivity index (χ0n) is 19.0. The van der Waals surface area contributed by atoms with Gasteiger partial charge in [0, 0.05) is 54.3 Å². The van der Waals surface area contributed by atoms with Crippen LogP contribution in [0.1, 0.15) is 40.3 Å². The minimum Gasteiger partial charge on any atom is -0.368 e. The third kappa shape index (κ3) is 6.46. The van der Waals surface area contributed by atoms with Crippen LogP contribution in [0.5, 0.6) is 0 Å². The molecule has 0 radical (unpaired) electrons. The number of anilines is 2. The Hall–Kier alpha value is -2.06. The zero-order chi connectivity index (χ0) is 22.6. The molecule has 2 heterocycles. The van der Waals surface area contributed by atoms with E-state index >= 15 is 0 Å². The fraction of sp³-hybridized carbons (Fsp3) is 0.522. The molecule has 0 unspecified atom stereocenters. The molecule has 2 amide bonds. The summed E-state index contributed by atoms with van der Waals surface area (Å²) >= 11 is 3.06. The van der Waals surface area contributed by atoms with Gasteiger partial charge in [-0.05, 0) is 24.3 Å². The van der Waals surface area contributed by atoms with Crippen molar-refractivity contribution in [3.63, 3.8) is 0 Å². The van der Waals surface area contributed by atoms with E-state index in [1.807, 2.05) is 43.0 Å². The maximum atomic E-state index is 12.3. The molecule has 0 saturated carbocycles. The first kappa shape index (κ1) is 23.6. The maximum Gasteiger partial charge on any atom is 0.234 e. The lowest BCUT2D eigenvalue weighted by atomic mass is 9.93. The number of thiazole rings is 1. The SMILES string of the molecule is CC(C)C(=O)N1CCN(c2ccc(NC(=O)CSc3nc(C(C)(C)C)cs3)cc2)CC1. The van der Waals surface area contributed by atoms with E-state index in [4.69, 9.17) is 0 Å². The molecule has 1 aromatic heterocycles. The topological polar surface area (TPSA) is 65.5 Å². The molecular formula is C23H32N4O2S2. The highest BCUT2D eigenvalue weighted by atomic mass is 32.2. The first-order chi connectivity index (χ1) is 14.6. The van der Waals surface area contributed by atoms with Crippen molar-refractivity contribution in [2.45, 2.75) is 44.4 Å². The van der Waals surface area contributed by atoms with Gasteiger partial charge in [0.2, 0.25) is 11.8 Å². The fourth-order valence-electron chi connectivity index (χ4n) is 3.30. The Morgan fingerprint density at radius 2 is 1.77 bits per heavy atom. The molecule has 1 aliphatic rings. The number of benzene rings is 1. The average Bonchev–Trinajstić information content (AvgIpc) is 3.22. The van der Waals surface area contributed by atoms with Crippen LogP contribution in [0.3, 0.4) is 0 Å². The van der Waals surface area contributed by atoms with Gasteiger partial charge in [-0.25, -0.2) is 4.98 Å². The number of hydrogen-bond donors (Lipinski definition) is 1. The molecule has 3 rings (SSSR count). The number of nitrogens with one attached hydrogen (secondary N) is 1. The summed E-state index contributed by atoms with van der Waals surface area (Å²) in [6.07, 6.45) is 0. The summed E-state index contributed by atoms with van der Waals surface area (Å²) in [5, 5.41) is 5.03. The zero-order valence-corrected chi connectivity index (χ0v) is 20.6. The maximum absolute atomic E-state index is 12.3. The van der Waals surface area contributed by atoms with Crippen LogP contribution in [0.15, 0.2) is 34.0 Å². The molecule has 168 valence electrons. The highest BCUT2D eigenvalue weighted by Gasteiger charge is 2.23. The van der Waals surface area contributed by atoms with Crippen LogP contribution in [0, 0.1) is 5.92 Å². The highest BCUT2D eigenvalue weighted by Crippen LogP contribution is 2.29. The van der Waals surface area contributed by atoms with Crippen LogP contribution < -0.4 is 10.2 Å². The smallest absolute Gasteiger partial charge is 0.234 e. The van der Waals surface area contributed by atoms with Gasteiger partial charge in [-0.2, -0.15) is 0 Å². The van der Waals surface area contributed by atoms with Gasteiger partial charge in [0.05, 0.1) is 11.4 Å². The summed E-state index contributed by atoms with van der Waals surface area (Å²) in [5.74, 6) is 0.572. The lowest BCUT2D eigenvalue weighted by molar-refractivity contribution is -0.134. The molecule has 0 bridgehead atoms. The van der Waals surface area contributed by atoms with E-state index in [9.17, 15) is 9.59 Å². The van der Waals surface area contributed by atoms with E-state index in [1.165, 1.54) is 11.8 Å². The van der Waals surface area contributed by atoms with Crippen molar-refractivity contribution in [2.75, 3.05) is 42.1 Å². The van der Waals surface area contributed by atoms with Crippen molar-refractivity contribution in [1.29, 1.82) is 0 Å². The van der Waals surface area contributed by atoms with Gasteiger partial charge in [-0.1, -0.05) is 46.4 Å². The number of rotatable bonds is 6. The Bertz CT molecular complexity index is 895. The molecule has 0 spiro atoms. The molecule has 0 atom stereocenters. The minimum atomic E-state index is -0.0360. The van der Waals surface area contributed by atoms with Crippen LogP contribution in [0.4, 0.5) is 11.4 Å². The molecular weight excluding hydrogens is 428 g/mol. The number of amides is 2. The van der Waals surface area contributed by atoms with Crippen molar-refractivity contribution in [2.24, 2.45) is 5.92 Å². The monoisotopic (exact) mass is 460 g/mol. The highest BCUT2D eigenvalue weighted by molar-refractivity contribution is 8.01. The quantitative estimate of drug-likeness (QED) is 0.644. The van der Waals surface area contributed by atoms with Crippen LogP contribution in [0.25, 0.3) is 0 Å². The minimum absolute atomic E-state index is 0.0237. The van der Waals surface area contributed by atoms with E-state index in [-0.39, 0.29) is 23.1 Å². The predicted octanol–water partition coefficient (Wildman–Crippen LogP) is 4.48. The van der Waals surface area contributed by atoms with E-state index < -0.39 is 0 Å². The molecule has 6 nitrogen and oxygen atoms in total. The predicted molar refractivity (Wildman–Crippen MR) is 130 cm³/mol. The summed E-state index contributed by atoms with van der Waals surface area (Å²) in [6, 6.07) is 7.92. The number of piperazine rings is 1. The van der Waals surface area contributed by atoms with E-state index in [2.05, 4.69) is 41.4 Å². The van der Waals surface area contributed by atoms with Crippen molar-refractivity contribution >= 4 is 46.3 Å². The van der Waals surface area contributed by atoms with Gasteiger partial charge in [0.25, 0.3) is 0 Å². The summed E-state index contributed by atoms with van der Waals surface area (Å²) in [4.78, 5) is 33.3. The molecule has 1 N–H and O–H groups in total. The van der Waals surface area contributed by atoms with Gasteiger partial charge in [-0.15, -0.1) is 11.3 Å². The summed E-state index contributed by atoms with van der Waals surface area (Å²) in [5.41, 5.74) is 2.99. The van der Waals surface area contributed by atoms with Crippen LogP contribution in [-0.4, -0.2) is 53.6 Å². The van der Waals surface area contributed by atoms with Crippen molar-refractivity contribution in [3.8, 4) is 0 Å². The third-order valence-corrected chi connectivity index (χ3v) is 7.20. The van der Waals surface area contributed by atoms with Gasteiger partial charge in [-0.3, -0.25) is 9.59 Å². The molecule has 1 aliphatic heterocycles. The molecule has 1 aromatic carbocycles. The number of nitrogens with zero attached hydrogens (tertiary/aromatic N) is 3. The number of carbonyl (C=O) groups excluding carboxylic acids is 2. The first-order valence-corrected chi connectivity index (χ1v) is 12.5. The number of carbonyl (C=O) groups is 2. The van der Waals surface area contributed by atoms with Gasteiger partial charge >= 0.3 is 0 Å². The van der Waals surface area contributed by atoms with Gasteiger partial charge in [0.15, 0.2) is 4.34 Å². The largest absolute Gasteiger partial charge is 0.368 e. The van der Waals surface area contributed by atoms with Crippen LogP contribution in [0.2, 0.25) is 0 Å². The molecule has 1 fully saturated rings. The normalized spacial score (nSPS) is 14.8. The van der Waals surface area contributed by atoms with E-state index in [0.717, 1.165) is 47.6 Å². The van der Waals surface area contributed by atoms with Crippen LogP contribution in [-0.2, 0) is 15.0 Å². The number of hydrogen-bond acceptors (Lipinski definition) is 6. The second-order valence-electron chi connectivity index (χ2n) is 9.10. The second kappa shape index (κ2) is 10.0. The first-order valence-electron chi connectivity index (χ1n) is 10.7. The standard InChI is InChI=1S/C23H32N4O2S2/c1-16(2)21(29)27-12-10-26(11-13-27)18-8-6-17(7-9-18)24-20(28)15-31-22-25-19(14-30-22)23(3,4)5/h6-9,14,16H,10-13,15H2,1-5H3,(H,24,28). The van der Waals surface area contributed by atoms with Crippen molar-refractivity contribution in [3.05, 3.63) is 35.3 Å². The Kier molecular flexibility index (Phi) is 7.64. The van der Waals surface area contributed by atoms with E-state index in [0.29, 0.717) is 5.75 Å². The van der Waals surface area contributed by atoms with Crippen molar-refractivity contribution in [1.82, 2.24) is 9.88 Å². The fourth-order valence-corrected chi connectivity index (χ4v) is 5.15.